The number of nitriles is 1. The molecule has 0 aliphatic carbocycles. The fourth-order valence-corrected chi connectivity index (χ4v) is 0.713. The van der Waals surface area contributed by atoms with Crippen molar-refractivity contribution in [3.05, 3.63) is 26.5 Å². The minimum absolute atomic E-state index is 0.0552. The molecule has 1 rings (SSSR count). The SMILES string of the molecule is Cn1nc(CC#N)c(=O)[nH]c1=O. The van der Waals surface area contributed by atoms with Gasteiger partial charge in [-0.1, -0.05) is 0 Å². The molecule has 0 aliphatic rings. The Labute approximate surface area is 67.1 Å². The van der Waals surface area contributed by atoms with Gasteiger partial charge in [-0.2, -0.15) is 10.4 Å². The molecular formula is C6H6N4O2. The second kappa shape index (κ2) is 3.00. The summed E-state index contributed by atoms with van der Waals surface area (Å²) in [6.45, 7) is 0. The topological polar surface area (TPSA) is 91.5 Å². The minimum Gasteiger partial charge on any atom is -0.271 e. The molecule has 0 saturated carbocycles. The zero-order valence-corrected chi connectivity index (χ0v) is 6.37. The number of rotatable bonds is 1. The first kappa shape index (κ1) is 8.20. The van der Waals surface area contributed by atoms with E-state index in [-0.39, 0.29) is 12.1 Å². The van der Waals surface area contributed by atoms with Gasteiger partial charge in [0, 0.05) is 7.05 Å². The summed E-state index contributed by atoms with van der Waals surface area (Å²) in [5, 5.41) is 11.9. The van der Waals surface area contributed by atoms with Gasteiger partial charge in [0.05, 0.1) is 12.5 Å². The van der Waals surface area contributed by atoms with Crippen molar-refractivity contribution in [2.75, 3.05) is 0 Å². The Morgan fingerprint density at radius 2 is 2.33 bits per heavy atom. The summed E-state index contributed by atoms with van der Waals surface area (Å²) in [5.41, 5.74) is -1.12. The number of aromatic nitrogens is 3. The van der Waals surface area contributed by atoms with Gasteiger partial charge >= 0.3 is 5.69 Å². The molecule has 1 aromatic rings. The van der Waals surface area contributed by atoms with Crippen LogP contribution in [0.1, 0.15) is 5.69 Å². The van der Waals surface area contributed by atoms with E-state index >= 15 is 0 Å². The molecule has 6 heteroatoms. The van der Waals surface area contributed by atoms with Gasteiger partial charge in [-0.15, -0.1) is 0 Å². The average Bonchev–Trinajstić information content (AvgIpc) is 2.01. The lowest BCUT2D eigenvalue weighted by molar-refractivity contribution is 0.644. The first-order chi connectivity index (χ1) is 5.65. The van der Waals surface area contributed by atoms with Crippen molar-refractivity contribution >= 4 is 0 Å². The highest BCUT2D eigenvalue weighted by atomic mass is 16.2. The van der Waals surface area contributed by atoms with E-state index in [9.17, 15) is 9.59 Å². The highest BCUT2D eigenvalue weighted by Gasteiger charge is 2.02. The van der Waals surface area contributed by atoms with Crippen LogP contribution in [0.4, 0.5) is 0 Å². The number of aryl methyl sites for hydroxylation is 1. The van der Waals surface area contributed by atoms with E-state index in [2.05, 4.69) is 5.10 Å². The third-order valence-corrected chi connectivity index (χ3v) is 1.29. The van der Waals surface area contributed by atoms with Crippen LogP contribution in [0, 0.1) is 11.3 Å². The van der Waals surface area contributed by atoms with E-state index in [4.69, 9.17) is 5.26 Å². The summed E-state index contributed by atoms with van der Waals surface area (Å²) >= 11 is 0. The molecule has 0 spiro atoms. The predicted molar refractivity (Wildman–Crippen MR) is 39.4 cm³/mol. The van der Waals surface area contributed by atoms with Gasteiger partial charge in [0.25, 0.3) is 5.56 Å². The van der Waals surface area contributed by atoms with E-state index < -0.39 is 11.2 Å². The monoisotopic (exact) mass is 166 g/mol. The molecule has 0 aliphatic heterocycles. The highest BCUT2D eigenvalue weighted by molar-refractivity contribution is 5.00. The molecule has 0 aromatic carbocycles. The summed E-state index contributed by atoms with van der Waals surface area (Å²) < 4.78 is 0.980. The molecule has 12 heavy (non-hydrogen) atoms. The molecule has 62 valence electrons. The van der Waals surface area contributed by atoms with Crippen LogP contribution in [-0.2, 0) is 13.5 Å². The van der Waals surface area contributed by atoms with E-state index in [0.29, 0.717) is 0 Å². The minimum atomic E-state index is -0.598. The third kappa shape index (κ3) is 1.40. The maximum absolute atomic E-state index is 10.9. The van der Waals surface area contributed by atoms with Crippen LogP contribution < -0.4 is 11.2 Å². The van der Waals surface area contributed by atoms with Crippen molar-refractivity contribution in [2.24, 2.45) is 7.05 Å². The molecule has 1 N–H and O–H groups in total. The quantitative estimate of drug-likeness (QED) is 0.551. The number of hydrogen-bond acceptors (Lipinski definition) is 4. The Kier molecular flexibility index (Phi) is 2.05. The molecule has 1 heterocycles. The summed E-state index contributed by atoms with van der Waals surface area (Å²) in [5.74, 6) is 0. The zero-order valence-electron chi connectivity index (χ0n) is 6.37. The maximum Gasteiger partial charge on any atom is 0.344 e. The smallest absolute Gasteiger partial charge is 0.271 e. The molecular weight excluding hydrogens is 160 g/mol. The summed E-state index contributed by atoms with van der Waals surface area (Å²) in [6.07, 6.45) is -0.0938. The second-order valence-corrected chi connectivity index (χ2v) is 2.16. The van der Waals surface area contributed by atoms with E-state index in [0.717, 1.165) is 4.68 Å². The lowest BCUT2D eigenvalue weighted by atomic mass is 10.3. The van der Waals surface area contributed by atoms with Crippen LogP contribution in [0.2, 0.25) is 0 Å². The standard InChI is InChI=1S/C6H6N4O2/c1-10-6(12)8-5(11)4(9-10)2-3-7/h2H2,1H3,(H,8,11,12). The zero-order chi connectivity index (χ0) is 9.14. The fourth-order valence-electron chi connectivity index (χ4n) is 0.713. The van der Waals surface area contributed by atoms with Gasteiger partial charge < -0.3 is 0 Å². The van der Waals surface area contributed by atoms with Gasteiger partial charge in [-0.05, 0) is 0 Å². The Morgan fingerprint density at radius 3 is 2.92 bits per heavy atom. The molecule has 0 saturated heterocycles. The number of H-pyrrole nitrogens is 1. The van der Waals surface area contributed by atoms with E-state index in [1.807, 2.05) is 4.98 Å². The molecule has 0 radical (unpaired) electrons. The summed E-state index contributed by atoms with van der Waals surface area (Å²) in [4.78, 5) is 23.7. The lowest BCUT2D eigenvalue weighted by Gasteiger charge is -1.95. The largest absolute Gasteiger partial charge is 0.344 e. The van der Waals surface area contributed by atoms with E-state index in [1.165, 1.54) is 7.05 Å². The first-order valence-electron chi connectivity index (χ1n) is 3.18. The lowest BCUT2D eigenvalue weighted by Crippen LogP contribution is -2.33. The number of hydrogen-bond donors (Lipinski definition) is 1. The molecule has 6 nitrogen and oxygen atoms in total. The van der Waals surface area contributed by atoms with Crippen LogP contribution in [0.15, 0.2) is 9.59 Å². The van der Waals surface area contributed by atoms with Crippen molar-refractivity contribution in [3.8, 4) is 6.07 Å². The van der Waals surface area contributed by atoms with Crippen LogP contribution in [0.25, 0.3) is 0 Å². The first-order valence-corrected chi connectivity index (χ1v) is 3.18. The van der Waals surface area contributed by atoms with E-state index in [1.54, 1.807) is 6.07 Å². The van der Waals surface area contributed by atoms with Crippen molar-refractivity contribution in [2.45, 2.75) is 6.42 Å². The van der Waals surface area contributed by atoms with Crippen molar-refractivity contribution in [1.82, 2.24) is 14.8 Å². The summed E-state index contributed by atoms with van der Waals surface area (Å²) in [7, 11) is 1.40. The average molecular weight is 166 g/mol. The molecule has 0 unspecified atom stereocenters. The summed E-state index contributed by atoms with van der Waals surface area (Å²) in [6, 6.07) is 1.77. The highest BCUT2D eigenvalue weighted by Crippen LogP contribution is 1.79. The number of nitrogens with zero attached hydrogens (tertiary/aromatic N) is 3. The molecule has 0 atom stereocenters. The fraction of sp³-hybridized carbons (Fsp3) is 0.333. The molecule has 1 aromatic heterocycles. The number of nitrogens with one attached hydrogen (secondary N) is 1. The maximum atomic E-state index is 10.9. The van der Waals surface area contributed by atoms with Crippen molar-refractivity contribution in [1.29, 1.82) is 5.26 Å². The van der Waals surface area contributed by atoms with Crippen molar-refractivity contribution < 1.29 is 0 Å². The Morgan fingerprint density at radius 1 is 1.67 bits per heavy atom. The van der Waals surface area contributed by atoms with Gasteiger partial charge in [-0.25, -0.2) is 9.48 Å². The van der Waals surface area contributed by atoms with Crippen LogP contribution in [0.5, 0.6) is 0 Å². The van der Waals surface area contributed by atoms with Crippen LogP contribution >= 0.6 is 0 Å². The van der Waals surface area contributed by atoms with Crippen molar-refractivity contribution in [3.63, 3.8) is 0 Å². The second-order valence-electron chi connectivity index (χ2n) is 2.16. The predicted octanol–water partition coefficient (Wildman–Crippen LogP) is -1.47. The van der Waals surface area contributed by atoms with Crippen LogP contribution in [-0.4, -0.2) is 14.8 Å². The van der Waals surface area contributed by atoms with Gasteiger partial charge in [0.2, 0.25) is 0 Å². The molecule has 0 fully saturated rings. The normalized spacial score (nSPS) is 9.33. The Hall–Kier alpha value is -1.90. The third-order valence-electron chi connectivity index (χ3n) is 1.29. The van der Waals surface area contributed by atoms with Crippen LogP contribution in [0.3, 0.4) is 0 Å². The molecule has 0 bridgehead atoms. The van der Waals surface area contributed by atoms with Gasteiger partial charge in [0.15, 0.2) is 0 Å². The van der Waals surface area contributed by atoms with Gasteiger partial charge in [-0.3, -0.25) is 9.78 Å². The number of aromatic amines is 1. The Bertz CT molecular complexity index is 436. The Balaban J connectivity index is 3.35. The molecule has 0 amide bonds. The van der Waals surface area contributed by atoms with Gasteiger partial charge in [0.1, 0.15) is 5.69 Å².